The molecule has 2 aromatic carbocycles. The second kappa shape index (κ2) is 8.33. The average molecular weight is 340 g/mol. The molecule has 3 aliphatic rings. The van der Waals surface area contributed by atoms with Gasteiger partial charge in [0.15, 0.2) is 0 Å². The Hall–Kier alpha value is -2.82. The zero-order valence-corrected chi connectivity index (χ0v) is 13.9. The highest BCUT2D eigenvalue weighted by Crippen LogP contribution is 2.22. The number of rotatable bonds is 0. The zero-order valence-electron chi connectivity index (χ0n) is 13.9. The highest BCUT2D eigenvalue weighted by atomic mass is 16.5. The van der Waals surface area contributed by atoms with Crippen LogP contribution < -0.4 is 4.74 Å². The van der Waals surface area contributed by atoms with Gasteiger partial charge in [-0.25, -0.2) is 9.59 Å². The van der Waals surface area contributed by atoms with Crippen LogP contribution in [0.5, 0.6) is 11.5 Å². The van der Waals surface area contributed by atoms with Crippen molar-refractivity contribution in [1.82, 2.24) is 0 Å². The van der Waals surface area contributed by atoms with Crippen LogP contribution in [-0.2, 0) is 9.47 Å². The van der Waals surface area contributed by atoms with Gasteiger partial charge in [-0.1, -0.05) is 0 Å². The van der Waals surface area contributed by atoms with E-state index in [9.17, 15) is 9.59 Å². The zero-order chi connectivity index (χ0) is 17.5. The molecule has 0 amide bonds. The fraction of sp³-hybridized carbons (Fsp3) is 0.300. The van der Waals surface area contributed by atoms with Gasteiger partial charge in [0.05, 0.1) is 24.3 Å². The van der Waals surface area contributed by atoms with Crippen molar-refractivity contribution in [2.45, 2.75) is 25.7 Å². The third-order valence-electron chi connectivity index (χ3n) is 3.92. The quantitative estimate of drug-likeness (QED) is 0.667. The second-order valence-electron chi connectivity index (χ2n) is 5.84. The van der Waals surface area contributed by atoms with Crippen molar-refractivity contribution in [2.75, 3.05) is 13.2 Å². The van der Waals surface area contributed by atoms with Crippen molar-refractivity contribution in [1.29, 1.82) is 0 Å². The number of hydrogen-bond acceptors (Lipinski definition) is 5. The maximum Gasteiger partial charge on any atom is 0.338 e. The molecule has 0 spiro atoms. The van der Waals surface area contributed by atoms with Crippen LogP contribution in [0.2, 0.25) is 0 Å². The minimum Gasteiger partial charge on any atom is -0.462 e. The summed E-state index contributed by atoms with van der Waals surface area (Å²) in [4.78, 5) is 23.9. The molecule has 5 heteroatoms. The molecule has 0 N–H and O–H groups in total. The Kier molecular flexibility index (Phi) is 5.67. The molecule has 130 valence electrons. The number of esters is 2. The summed E-state index contributed by atoms with van der Waals surface area (Å²) in [5.74, 6) is 0.542. The number of hydrogen-bond donors (Lipinski definition) is 0. The first kappa shape index (κ1) is 17.0. The van der Waals surface area contributed by atoms with E-state index in [2.05, 4.69) is 0 Å². The molecule has 0 saturated heterocycles. The minimum atomic E-state index is -0.331. The maximum absolute atomic E-state index is 12.0. The molecule has 0 atom stereocenters. The lowest BCUT2D eigenvalue weighted by Gasteiger charge is -2.08. The Bertz CT molecular complexity index is 655. The van der Waals surface area contributed by atoms with Gasteiger partial charge in [0, 0.05) is 0 Å². The van der Waals surface area contributed by atoms with Crippen molar-refractivity contribution in [3.63, 3.8) is 0 Å². The third-order valence-corrected chi connectivity index (χ3v) is 3.92. The van der Waals surface area contributed by atoms with Crippen molar-refractivity contribution in [3.8, 4) is 11.5 Å². The summed E-state index contributed by atoms with van der Waals surface area (Å²) in [5, 5.41) is 0. The van der Waals surface area contributed by atoms with E-state index in [0.29, 0.717) is 35.8 Å². The second-order valence-corrected chi connectivity index (χ2v) is 5.84. The van der Waals surface area contributed by atoms with Crippen LogP contribution in [0.25, 0.3) is 0 Å². The van der Waals surface area contributed by atoms with Crippen LogP contribution in [0.4, 0.5) is 0 Å². The van der Waals surface area contributed by atoms with E-state index < -0.39 is 0 Å². The van der Waals surface area contributed by atoms with Crippen molar-refractivity contribution in [2.24, 2.45) is 0 Å². The van der Waals surface area contributed by atoms with E-state index in [1.165, 1.54) is 0 Å². The van der Waals surface area contributed by atoms with E-state index >= 15 is 0 Å². The van der Waals surface area contributed by atoms with Gasteiger partial charge in [-0.2, -0.15) is 0 Å². The number of carbonyl (C=O) groups is 2. The third kappa shape index (κ3) is 4.83. The van der Waals surface area contributed by atoms with E-state index in [-0.39, 0.29) is 11.9 Å². The normalized spacial score (nSPS) is 16.2. The highest BCUT2D eigenvalue weighted by Gasteiger charge is 2.10. The molecule has 0 radical (unpaired) electrons. The standard InChI is InChI=1S/C20H20O5/c21-19-15-5-9-17(10-6-15)25-18-11-7-16(8-12-18)20(22)24-14-4-2-1-3-13-23-19/h5-12H,1-4,13-14H2. The Labute approximate surface area is 146 Å². The molecule has 0 aromatic heterocycles. The summed E-state index contributed by atoms with van der Waals surface area (Å²) < 4.78 is 16.2. The Morgan fingerprint density at radius 3 is 1.36 bits per heavy atom. The van der Waals surface area contributed by atoms with Crippen molar-refractivity contribution >= 4 is 11.9 Å². The molecule has 0 fully saturated rings. The first-order chi connectivity index (χ1) is 12.2. The van der Waals surface area contributed by atoms with E-state index in [4.69, 9.17) is 14.2 Å². The molecule has 0 unspecified atom stereocenters. The molecule has 3 heterocycles. The SMILES string of the molecule is O=C1OCCCCCCOC(=O)c2ccc(cc2)Oc2ccc1cc2. The molecule has 0 aliphatic carbocycles. The number of ether oxygens (including phenoxy) is 3. The number of fused-ring (bicyclic) bond motifs is 2. The van der Waals surface area contributed by atoms with Crippen LogP contribution in [0.15, 0.2) is 48.5 Å². The molecule has 2 aromatic rings. The lowest BCUT2D eigenvalue weighted by molar-refractivity contribution is 0.0473. The summed E-state index contributed by atoms with van der Waals surface area (Å²) in [6.45, 7) is 0.779. The van der Waals surface area contributed by atoms with Gasteiger partial charge in [-0.3, -0.25) is 0 Å². The van der Waals surface area contributed by atoms with Crippen LogP contribution in [0, 0.1) is 0 Å². The number of carbonyl (C=O) groups excluding carboxylic acids is 2. The predicted molar refractivity (Wildman–Crippen MR) is 92.0 cm³/mol. The molecular formula is C20H20O5. The van der Waals surface area contributed by atoms with Crippen LogP contribution >= 0.6 is 0 Å². The lowest BCUT2D eigenvalue weighted by atomic mass is 10.2. The monoisotopic (exact) mass is 340 g/mol. The fourth-order valence-corrected chi connectivity index (χ4v) is 2.51. The smallest absolute Gasteiger partial charge is 0.338 e. The van der Waals surface area contributed by atoms with Crippen molar-refractivity contribution < 1.29 is 23.8 Å². The average Bonchev–Trinajstić information content (AvgIpc) is 2.64. The molecule has 5 nitrogen and oxygen atoms in total. The van der Waals surface area contributed by atoms with Gasteiger partial charge in [0.25, 0.3) is 0 Å². The van der Waals surface area contributed by atoms with Crippen LogP contribution in [-0.4, -0.2) is 25.2 Å². The van der Waals surface area contributed by atoms with Crippen LogP contribution in [0.1, 0.15) is 46.4 Å². The molecule has 3 aliphatic heterocycles. The molecule has 5 rings (SSSR count). The first-order valence-corrected chi connectivity index (χ1v) is 8.44. The van der Waals surface area contributed by atoms with Gasteiger partial charge in [0.1, 0.15) is 11.5 Å². The largest absolute Gasteiger partial charge is 0.462 e. The predicted octanol–water partition coefficient (Wildman–Crippen LogP) is 4.37. The lowest BCUT2D eigenvalue weighted by Crippen LogP contribution is -2.07. The van der Waals surface area contributed by atoms with Gasteiger partial charge < -0.3 is 14.2 Å². The van der Waals surface area contributed by atoms with E-state index in [1.54, 1.807) is 48.5 Å². The summed E-state index contributed by atoms with van der Waals surface area (Å²) >= 11 is 0. The Morgan fingerprint density at radius 2 is 0.960 bits per heavy atom. The van der Waals surface area contributed by atoms with Gasteiger partial charge in [-0.05, 0) is 74.2 Å². The van der Waals surface area contributed by atoms with Crippen LogP contribution in [0.3, 0.4) is 0 Å². The van der Waals surface area contributed by atoms with E-state index in [0.717, 1.165) is 25.7 Å². The highest BCUT2D eigenvalue weighted by molar-refractivity contribution is 5.90. The van der Waals surface area contributed by atoms with Gasteiger partial charge in [-0.15, -0.1) is 0 Å². The topological polar surface area (TPSA) is 61.8 Å². The first-order valence-electron chi connectivity index (χ1n) is 8.44. The molecule has 25 heavy (non-hydrogen) atoms. The summed E-state index contributed by atoms with van der Waals surface area (Å²) in [5.41, 5.74) is 0.999. The Morgan fingerprint density at radius 1 is 0.560 bits per heavy atom. The van der Waals surface area contributed by atoms with Gasteiger partial charge in [0.2, 0.25) is 0 Å². The maximum atomic E-state index is 12.0. The fourth-order valence-electron chi connectivity index (χ4n) is 2.51. The Balaban J connectivity index is 1.76. The summed E-state index contributed by atoms with van der Waals surface area (Å²) in [6.07, 6.45) is 3.43. The van der Waals surface area contributed by atoms with Gasteiger partial charge >= 0.3 is 11.9 Å². The molecule has 0 saturated carbocycles. The van der Waals surface area contributed by atoms with Crippen molar-refractivity contribution in [3.05, 3.63) is 59.7 Å². The molecular weight excluding hydrogens is 320 g/mol. The number of benzene rings is 2. The summed E-state index contributed by atoms with van der Waals surface area (Å²) in [7, 11) is 0. The minimum absolute atomic E-state index is 0.331. The van der Waals surface area contributed by atoms with E-state index in [1.807, 2.05) is 0 Å². The summed E-state index contributed by atoms with van der Waals surface area (Å²) in [6, 6.07) is 13.6. The molecule has 4 bridgehead atoms.